The van der Waals surface area contributed by atoms with E-state index in [4.69, 9.17) is 4.74 Å². The molecule has 0 saturated carbocycles. The molecule has 0 bridgehead atoms. The van der Waals surface area contributed by atoms with E-state index in [2.05, 4.69) is 21.0 Å². The van der Waals surface area contributed by atoms with Crippen molar-refractivity contribution in [3.63, 3.8) is 0 Å². The first-order chi connectivity index (χ1) is 14.2. The molecule has 0 N–H and O–H groups in total. The maximum atomic E-state index is 13.2. The molecule has 2 aliphatic heterocycles. The minimum atomic E-state index is -0.464. The Morgan fingerprint density at radius 1 is 1.17 bits per heavy atom. The summed E-state index contributed by atoms with van der Waals surface area (Å²) in [7, 11) is 0. The molecule has 4 rings (SSSR count). The second-order valence-corrected chi connectivity index (χ2v) is 7.21. The number of anilines is 1. The van der Waals surface area contributed by atoms with E-state index in [9.17, 15) is 14.4 Å². The molecule has 2 aromatic rings. The quantitative estimate of drug-likeness (QED) is 0.765. The van der Waals surface area contributed by atoms with Crippen molar-refractivity contribution in [1.29, 1.82) is 5.26 Å². The Morgan fingerprint density at radius 2 is 2.00 bits per heavy atom. The summed E-state index contributed by atoms with van der Waals surface area (Å²) in [6.07, 6.45) is 7.74. The third-order valence-corrected chi connectivity index (χ3v) is 5.34. The summed E-state index contributed by atoms with van der Waals surface area (Å²) in [6, 6.07) is 2.09. The number of carbonyl (C=O) groups excluding carboxylic acids is 1. The van der Waals surface area contributed by atoms with Gasteiger partial charge in [-0.1, -0.05) is 0 Å². The number of hydrogen-bond donors (Lipinski definition) is 0. The molecule has 2 aromatic heterocycles. The summed E-state index contributed by atoms with van der Waals surface area (Å²) in [6.45, 7) is 2.58. The fourth-order valence-electron chi connectivity index (χ4n) is 3.86. The van der Waals surface area contributed by atoms with Crippen LogP contribution in [0.25, 0.3) is 0 Å². The van der Waals surface area contributed by atoms with Crippen molar-refractivity contribution in [2.45, 2.75) is 25.8 Å². The van der Waals surface area contributed by atoms with Crippen LogP contribution in [0.15, 0.2) is 24.8 Å². The molecule has 0 spiro atoms. The molecule has 1 fully saturated rings. The van der Waals surface area contributed by atoms with Crippen LogP contribution in [0.2, 0.25) is 0 Å². The molecule has 1 unspecified atom stereocenters. The lowest BCUT2D eigenvalue weighted by Gasteiger charge is -2.25. The molecule has 150 valence electrons. The average Bonchev–Trinajstić information content (AvgIpc) is 3.12. The summed E-state index contributed by atoms with van der Waals surface area (Å²) < 4.78 is 18.8. The van der Waals surface area contributed by atoms with Gasteiger partial charge < -0.3 is 14.5 Å². The standard InChI is InChI=1S/C20H21FN6O2/c21-17-11-24-20(25-12-17)26-4-1-2-14(3-5-26)19(28)27-6-7-29-18-15(8-22)9-23-10-16(18)13-27/h9-12,14H,1-7,13H2. The smallest absolute Gasteiger partial charge is 0.226 e. The lowest BCUT2D eigenvalue weighted by atomic mass is 9.98. The fraction of sp³-hybridized carbons (Fsp3) is 0.450. The van der Waals surface area contributed by atoms with E-state index >= 15 is 0 Å². The van der Waals surface area contributed by atoms with Crippen LogP contribution in [-0.4, -0.2) is 52.0 Å². The van der Waals surface area contributed by atoms with Crippen molar-refractivity contribution in [1.82, 2.24) is 19.9 Å². The lowest BCUT2D eigenvalue weighted by molar-refractivity contribution is -0.136. The zero-order chi connectivity index (χ0) is 20.2. The van der Waals surface area contributed by atoms with Gasteiger partial charge in [0.1, 0.15) is 24.0 Å². The van der Waals surface area contributed by atoms with E-state index in [1.54, 1.807) is 11.1 Å². The van der Waals surface area contributed by atoms with Crippen molar-refractivity contribution in [2.75, 3.05) is 31.1 Å². The maximum absolute atomic E-state index is 13.2. The number of carbonyl (C=O) groups is 1. The number of nitriles is 1. The van der Waals surface area contributed by atoms with Crippen LogP contribution in [0.4, 0.5) is 10.3 Å². The zero-order valence-electron chi connectivity index (χ0n) is 15.9. The van der Waals surface area contributed by atoms with E-state index in [0.717, 1.165) is 37.3 Å². The van der Waals surface area contributed by atoms with E-state index in [1.165, 1.54) is 6.20 Å². The Labute approximate surface area is 168 Å². The lowest BCUT2D eigenvalue weighted by Crippen LogP contribution is -2.37. The van der Waals surface area contributed by atoms with Crippen molar-refractivity contribution < 1.29 is 13.9 Å². The molecule has 1 amide bonds. The SMILES string of the molecule is N#Cc1cncc2c1OCCN(C(=O)C1CCCN(c3ncc(F)cn3)CC1)C2. The second kappa shape index (κ2) is 8.39. The van der Waals surface area contributed by atoms with Gasteiger partial charge in [0.25, 0.3) is 0 Å². The van der Waals surface area contributed by atoms with Crippen molar-refractivity contribution in [3.05, 3.63) is 41.7 Å². The molecule has 1 saturated heterocycles. The largest absolute Gasteiger partial charge is 0.490 e. The van der Waals surface area contributed by atoms with Gasteiger partial charge in [-0.05, 0) is 19.3 Å². The number of amides is 1. The topological polar surface area (TPSA) is 95.2 Å². The first kappa shape index (κ1) is 19.1. The maximum Gasteiger partial charge on any atom is 0.226 e. The predicted molar refractivity (Wildman–Crippen MR) is 101 cm³/mol. The van der Waals surface area contributed by atoms with Crippen molar-refractivity contribution in [3.8, 4) is 11.8 Å². The zero-order valence-corrected chi connectivity index (χ0v) is 15.9. The van der Waals surface area contributed by atoms with Crippen LogP contribution in [0.3, 0.4) is 0 Å². The molecule has 0 aromatic carbocycles. The first-order valence-electron chi connectivity index (χ1n) is 9.67. The Balaban J connectivity index is 1.44. The summed E-state index contributed by atoms with van der Waals surface area (Å²) >= 11 is 0. The fourth-order valence-corrected chi connectivity index (χ4v) is 3.86. The van der Waals surface area contributed by atoms with Crippen LogP contribution in [-0.2, 0) is 11.3 Å². The molecule has 9 heteroatoms. The molecular weight excluding hydrogens is 375 g/mol. The van der Waals surface area contributed by atoms with Crippen LogP contribution >= 0.6 is 0 Å². The van der Waals surface area contributed by atoms with Gasteiger partial charge in [-0.3, -0.25) is 9.78 Å². The monoisotopic (exact) mass is 396 g/mol. The minimum absolute atomic E-state index is 0.0886. The van der Waals surface area contributed by atoms with Crippen molar-refractivity contribution >= 4 is 11.9 Å². The molecule has 8 nitrogen and oxygen atoms in total. The number of rotatable bonds is 2. The molecule has 1 atom stereocenters. The van der Waals surface area contributed by atoms with Gasteiger partial charge >= 0.3 is 0 Å². The van der Waals surface area contributed by atoms with E-state index < -0.39 is 5.82 Å². The Kier molecular flexibility index (Phi) is 5.51. The normalized spacial score (nSPS) is 19.4. The van der Waals surface area contributed by atoms with Gasteiger partial charge in [-0.2, -0.15) is 5.26 Å². The number of pyridine rings is 1. The second-order valence-electron chi connectivity index (χ2n) is 7.21. The molecule has 0 aliphatic carbocycles. The Morgan fingerprint density at radius 3 is 2.79 bits per heavy atom. The van der Waals surface area contributed by atoms with E-state index in [1.807, 2.05) is 4.90 Å². The highest BCUT2D eigenvalue weighted by atomic mass is 19.1. The van der Waals surface area contributed by atoms with Crippen LogP contribution < -0.4 is 9.64 Å². The minimum Gasteiger partial charge on any atom is -0.490 e. The average molecular weight is 396 g/mol. The molecular formula is C20H21FN6O2. The predicted octanol–water partition coefficient (Wildman–Crippen LogP) is 1.91. The van der Waals surface area contributed by atoms with Gasteiger partial charge in [0, 0.05) is 37.0 Å². The highest BCUT2D eigenvalue weighted by Crippen LogP contribution is 2.28. The van der Waals surface area contributed by atoms with Gasteiger partial charge in [-0.25, -0.2) is 14.4 Å². The Bertz CT molecular complexity index is 930. The molecule has 2 aliphatic rings. The van der Waals surface area contributed by atoms with Gasteiger partial charge in [0.15, 0.2) is 5.82 Å². The molecule has 4 heterocycles. The van der Waals surface area contributed by atoms with Crippen LogP contribution in [0.5, 0.6) is 5.75 Å². The van der Waals surface area contributed by atoms with Crippen LogP contribution in [0, 0.1) is 23.1 Å². The number of fused-ring (bicyclic) bond motifs is 1. The molecule has 29 heavy (non-hydrogen) atoms. The van der Waals surface area contributed by atoms with Gasteiger partial charge in [-0.15, -0.1) is 0 Å². The summed E-state index contributed by atoms with van der Waals surface area (Å²) in [5, 5.41) is 9.24. The number of nitrogens with zero attached hydrogens (tertiary/aromatic N) is 6. The Hall–Kier alpha value is -3.28. The van der Waals surface area contributed by atoms with E-state index in [-0.39, 0.29) is 11.8 Å². The highest BCUT2D eigenvalue weighted by Gasteiger charge is 2.30. The summed E-state index contributed by atoms with van der Waals surface area (Å²) in [4.78, 5) is 29.2. The summed E-state index contributed by atoms with van der Waals surface area (Å²) in [5.41, 5.74) is 1.14. The highest BCUT2D eigenvalue weighted by molar-refractivity contribution is 5.79. The molecule has 0 radical (unpaired) electrons. The third kappa shape index (κ3) is 4.11. The van der Waals surface area contributed by atoms with Crippen LogP contribution in [0.1, 0.15) is 30.4 Å². The van der Waals surface area contributed by atoms with Gasteiger partial charge in [0.2, 0.25) is 11.9 Å². The number of halogens is 1. The van der Waals surface area contributed by atoms with Crippen molar-refractivity contribution in [2.24, 2.45) is 5.92 Å². The first-order valence-corrected chi connectivity index (χ1v) is 9.67. The number of aromatic nitrogens is 3. The van der Waals surface area contributed by atoms with E-state index in [0.29, 0.717) is 49.9 Å². The number of ether oxygens (including phenoxy) is 1. The van der Waals surface area contributed by atoms with Gasteiger partial charge in [0.05, 0.1) is 25.5 Å². The number of hydrogen-bond acceptors (Lipinski definition) is 7. The third-order valence-electron chi connectivity index (χ3n) is 5.34. The summed E-state index contributed by atoms with van der Waals surface area (Å²) in [5.74, 6) is 0.541.